The predicted molar refractivity (Wildman–Crippen MR) is 82.3 cm³/mol. The zero-order valence-electron chi connectivity index (χ0n) is 12.4. The van der Waals surface area contributed by atoms with Crippen LogP contribution in [0.5, 0.6) is 0 Å². The molecule has 2 aromatic rings. The molecule has 22 heavy (non-hydrogen) atoms. The summed E-state index contributed by atoms with van der Waals surface area (Å²) in [5, 5.41) is 10.3. The number of benzene rings is 1. The van der Waals surface area contributed by atoms with Crippen LogP contribution in [-0.2, 0) is 0 Å². The highest BCUT2D eigenvalue weighted by Gasteiger charge is 2.49. The van der Waals surface area contributed by atoms with Crippen molar-refractivity contribution >= 4 is 16.9 Å². The SMILES string of the molecule is O=C(c1cnc2ccccc2n1)N1CCCC(C2(O)CC2)C1. The van der Waals surface area contributed by atoms with Gasteiger partial charge in [0, 0.05) is 19.0 Å². The van der Waals surface area contributed by atoms with Crippen molar-refractivity contribution in [3.8, 4) is 0 Å². The molecule has 2 aliphatic rings. The Morgan fingerprint density at radius 3 is 2.82 bits per heavy atom. The number of para-hydroxylation sites is 2. The first kappa shape index (κ1) is 13.6. The second-order valence-corrected chi connectivity index (χ2v) is 6.44. The number of rotatable bonds is 2. The van der Waals surface area contributed by atoms with Gasteiger partial charge in [-0.25, -0.2) is 4.98 Å². The van der Waals surface area contributed by atoms with Gasteiger partial charge < -0.3 is 10.0 Å². The van der Waals surface area contributed by atoms with Gasteiger partial charge in [-0.05, 0) is 37.8 Å². The van der Waals surface area contributed by atoms with E-state index in [1.165, 1.54) is 0 Å². The maximum absolute atomic E-state index is 12.7. The number of aliphatic hydroxyl groups is 1. The van der Waals surface area contributed by atoms with E-state index in [9.17, 15) is 9.90 Å². The molecule has 2 fully saturated rings. The number of hydrogen-bond donors (Lipinski definition) is 1. The topological polar surface area (TPSA) is 66.3 Å². The molecule has 0 bridgehead atoms. The number of carbonyl (C=O) groups excluding carboxylic acids is 1. The maximum Gasteiger partial charge on any atom is 0.274 e. The molecule has 1 atom stereocenters. The van der Waals surface area contributed by atoms with E-state index < -0.39 is 5.60 Å². The minimum atomic E-state index is -0.520. The van der Waals surface area contributed by atoms with E-state index in [0.717, 1.165) is 43.3 Å². The Kier molecular flexibility index (Phi) is 3.11. The molecule has 1 aromatic carbocycles. The lowest BCUT2D eigenvalue weighted by Gasteiger charge is -2.35. The van der Waals surface area contributed by atoms with E-state index in [2.05, 4.69) is 9.97 Å². The van der Waals surface area contributed by atoms with Crippen LogP contribution < -0.4 is 0 Å². The lowest BCUT2D eigenvalue weighted by atomic mass is 9.90. The second kappa shape index (κ2) is 5.02. The van der Waals surface area contributed by atoms with Crippen molar-refractivity contribution in [1.82, 2.24) is 14.9 Å². The molecule has 1 unspecified atom stereocenters. The van der Waals surface area contributed by atoms with Crippen LogP contribution in [0.1, 0.15) is 36.2 Å². The quantitative estimate of drug-likeness (QED) is 0.921. The lowest BCUT2D eigenvalue weighted by molar-refractivity contribution is 0.0279. The van der Waals surface area contributed by atoms with Gasteiger partial charge >= 0.3 is 0 Å². The van der Waals surface area contributed by atoms with Crippen LogP contribution in [0.15, 0.2) is 30.5 Å². The van der Waals surface area contributed by atoms with Crippen LogP contribution in [-0.4, -0.2) is 44.6 Å². The molecule has 1 saturated heterocycles. The third kappa shape index (κ3) is 2.35. The smallest absolute Gasteiger partial charge is 0.274 e. The molecular weight excluding hydrogens is 278 g/mol. The number of nitrogens with zero attached hydrogens (tertiary/aromatic N) is 3. The average molecular weight is 297 g/mol. The van der Waals surface area contributed by atoms with Gasteiger partial charge in [-0.2, -0.15) is 0 Å². The van der Waals surface area contributed by atoms with Gasteiger partial charge in [0.1, 0.15) is 5.69 Å². The van der Waals surface area contributed by atoms with Crippen LogP contribution in [0.25, 0.3) is 11.0 Å². The predicted octanol–water partition coefficient (Wildman–Crippen LogP) is 2.01. The molecule has 1 aliphatic carbocycles. The van der Waals surface area contributed by atoms with Gasteiger partial charge in [0.05, 0.1) is 22.8 Å². The van der Waals surface area contributed by atoms with Crippen molar-refractivity contribution < 1.29 is 9.90 Å². The summed E-state index contributed by atoms with van der Waals surface area (Å²) in [6.45, 7) is 1.36. The van der Waals surface area contributed by atoms with Crippen LogP contribution in [0, 0.1) is 5.92 Å². The standard InChI is InChI=1S/C17H19N3O2/c21-16(15-10-18-13-5-1-2-6-14(13)19-15)20-9-3-4-12(11-20)17(22)7-8-17/h1-2,5-6,10,12,22H,3-4,7-9,11H2. The van der Waals surface area contributed by atoms with Crippen LogP contribution in [0.3, 0.4) is 0 Å². The lowest BCUT2D eigenvalue weighted by Crippen LogP contribution is -2.44. The second-order valence-electron chi connectivity index (χ2n) is 6.44. The molecule has 1 saturated carbocycles. The third-order valence-corrected chi connectivity index (χ3v) is 4.90. The monoisotopic (exact) mass is 297 g/mol. The molecule has 0 radical (unpaired) electrons. The fourth-order valence-electron chi connectivity index (χ4n) is 3.36. The van der Waals surface area contributed by atoms with Gasteiger partial charge in [0.15, 0.2) is 0 Å². The molecule has 2 heterocycles. The van der Waals surface area contributed by atoms with Crippen LogP contribution in [0.2, 0.25) is 0 Å². The van der Waals surface area contributed by atoms with Crippen molar-refractivity contribution in [1.29, 1.82) is 0 Å². The Hall–Kier alpha value is -2.01. The average Bonchev–Trinajstić information content (AvgIpc) is 3.33. The summed E-state index contributed by atoms with van der Waals surface area (Å²) in [5.41, 5.74) is 1.40. The molecule has 5 heteroatoms. The largest absolute Gasteiger partial charge is 0.390 e. The Morgan fingerprint density at radius 1 is 1.27 bits per heavy atom. The highest BCUT2D eigenvalue weighted by atomic mass is 16.3. The summed E-state index contributed by atoms with van der Waals surface area (Å²) in [6.07, 6.45) is 5.24. The number of hydrogen-bond acceptors (Lipinski definition) is 4. The Balaban J connectivity index is 1.56. The molecule has 4 rings (SSSR count). The first-order valence-electron chi connectivity index (χ1n) is 7.89. The van der Waals surface area contributed by atoms with Gasteiger partial charge in [0.2, 0.25) is 0 Å². The highest BCUT2D eigenvalue weighted by molar-refractivity contribution is 5.93. The highest BCUT2D eigenvalue weighted by Crippen LogP contribution is 2.45. The number of likely N-dealkylation sites (tertiary alicyclic amines) is 1. The summed E-state index contributed by atoms with van der Waals surface area (Å²) < 4.78 is 0. The van der Waals surface area contributed by atoms with Crippen molar-refractivity contribution in [2.45, 2.75) is 31.3 Å². The minimum absolute atomic E-state index is 0.0767. The molecule has 1 amide bonds. The van der Waals surface area contributed by atoms with Gasteiger partial charge in [-0.1, -0.05) is 12.1 Å². The number of piperidine rings is 1. The number of carbonyl (C=O) groups is 1. The summed E-state index contributed by atoms with van der Waals surface area (Å²) in [6, 6.07) is 7.55. The summed E-state index contributed by atoms with van der Waals surface area (Å²) in [5.74, 6) is 0.130. The Morgan fingerprint density at radius 2 is 2.05 bits per heavy atom. The summed E-state index contributed by atoms with van der Waals surface area (Å²) >= 11 is 0. The number of aromatic nitrogens is 2. The zero-order chi connectivity index (χ0) is 15.2. The van der Waals surface area contributed by atoms with Crippen molar-refractivity contribution in [3.05, 3.63) is 36.2 Å². The third-order valence-electron chi connectivity index (χ3n) is 4.90. The van der Waals surface area contributed by atoms with E-state index in [1.54, 1.807) is 6.20 Å². The molecule has 1 aliphatic heterocycles. The Labute approximate surface area is 129 Å². The van der Waals surface area contributed by atoms with Crippen molar-refractivity contribution in [2.24, 2.45) is 5.92 Å². The zero-order valence-corrected chi connectivity index (χ0v) is 12.4. The van der Waals surface area contributed by atoms with E-state index >= 15 is 0 Å². The molecule has 1 aromatic heterocycles. The van der Waals surface area contributed by atoms with Crippen LogP contribution in [0.4, 0.5) is 0 Å². The number of amides is 1. The molecular formula is C17H19N3O2. The molecule has 114 valence electrons. The summed E-state index contributed by atoms with van der Waals surface area (Å²) in [7, 11) is 0. The van der Waals surface area contributed by atoms with Crippen LogP contribution >= 0.6 is 0 Å². The number of fused-ring (bicyclic) bond motifs is 1. The van der Waals surface area contributed by atoms with Gasteiger partial charge in [-0.3, -0.25) is 9.78 Å². The van der Waals surface area contributed by atoms with Gasteiger partial charge in [-0.15, -0.1) is 0 Å². The minimum Gasteiger partial charge on any atom is -0.390 e. The van der Waals surface area contributed by atoms with E-state index in [4.69, 9.17) is 0 Å². The fourth-order valence-corrected chi connectivity index (χ4v) is 3.36. The molecule has 1 N–H and O–H groups in total. The first-order valence-corrected chi connectivity index (χ1v) is 7.89. The van der Waals surface area contributed by atoms with E-state index in [-0.39, 0.29) is 11.8 Å². The molecule has 0 spiro atoms. The van der Waals surface area contributed by atoms with Gasteiger partial charge in [0.25, 0.3) is 5.91 Å². The summed E-state index contributed by atoms with van der Waals surface area (Å²) in [4.78, 5) is 23.3. The Bertz CT molecular complexity index is 727. The van der Waals surface area contributed by atoms with Crippen molar-refractivity contribution in [2.75, 3.05) is 13.1 Å². The first-order chi connectivity index (χ1) is 10.7. The normalized spacial score (nSPS) is 23.5. The molecule has 5 nitrogen and oxygen atoms in total. The maximum atomic E-state index is 12.7. The van der Waals surface area contributed by atoms with Crippen molar-refractivity contribution in [3.63, 3.8) is 0 Å². The van der Waals surface area contributed by atoms with E-state index in [0.29, 0.717) is 12.2 Å². The fraction of sp³-hybridized carbons (Fsp3) is 0.471. The van der Waals surface area contributed by atoms with E-state index in [1.807, 2.05) is 29.2 Å².